The molecule has 0 aliphatic carbocycles. The summed E-state index contributed by atoms with van der Waals surface area (Å²) in [6, 6.07) is 45.7. The van der Waals surface area contributed by atoms with Crippen LogP contribution in [0.15, 0.2) is 139 Å². The second-order valence-corrected chi connectivity index (χ2v) is 8.38. The molecule has 0 bridgehead atoms. The van der Waals surface area contributed by atoms with E-state index in [1.165, 1.54) is 16.7 Å². The van der Waals surface area contributed by atoms with Crippen molar-refractivity contribution in [3.05, 3.63) is 145 Å². The van der Waals surface area contributed by atoms with Gasteiger partial charge >= 0.3 is 0 Å². The Hall–Kier alpha value is -4.63. The van der Waals surface area contributed by atoms with Crippen molar-refractivity contribution in [2.45, 2.75) is 6.92 Å². The molecule has 5 aromatic rings. The average molecular weight is 454 g/mol. The Labute approximate surface area is 207 Å². The number of hydrogen-bond donors (Lipinski definition) is 1. The van der Waals surface area contributed by atoms with E-state index in [0.717, 1.165) is 28.3 Å². The lowest BCUT2D eigenvalue weighted by Crippen LogP contribution is -2.09. The van der Waals surface area contributed by atoms with Crippen LogP contribution in [0.1, 0.15) is 11.1 Å². The van der Waals surface area contributed by atoms with E-state index in [1.54, 1.807) is 0 Å². The van der Waals surface area contributed by atoms with Crippen molar-refractivity contribution < 1.29 is 0 Å². The van der Waals surface area contributed by atoms with E-state index in [9.17, 15) is 0 Å². The fourth-order valence-corrected chi connectivity index (χ4v) is 3.91. The van der Waals surface area contributed by atoms with Crippen LogP contribution in [0.4, 0.5) is 22.7 Å². The molecule has 0 atom stereocenters. The first-order chi connectivity index (χ1) is 17.3. The number of aryl methyl sites for hydroxylation is 1. The van der Waals surface area contributed by atoms with Crippen LogP contribution in [0.3, 0.4) is 0 Å². The zero-order valence-corrected chi connectivity index (χ0v) is 19.7. The average Bonchev–Trinajstić information content (AvgIpc) is 2.92. The molecule has 3 nitrogen and oxygen atoms in total. The van der Waals surface area contributed by atoms with Crippen LogP contribution < -0.4 is 10.3 Å². The summed E-state index contributed by atoms with van der Waals surface area (Å²) >= 11 is 0. The van der Waals surface area contributed by atoms with Crippen LogP contribution in [0, 0.1) is 6.92 Å². The summed E-state index contributed by atoms with van der Waals surface area (Å²) in [5, 5.41) is 10.4. The summed E-state index contributed by atoms with van der Waals surface area (Å²) in [4.78, 5) is 0. The van der Waals surface area contributed by atoms with Gasteiger partial charge in [0.15, 0.2) is 0 Å². The summed E-state index contributed by atoms with van der Waals surface area (Å²) in [5.41, 5.74) is 8.74. The Morgan fingerprint density at radius 1 is 0.571 bits per heavy atom. The Morgan fingerprint density at radius 2 is 1.09 bits per heavy atom. The van der Waals surface area contributed by atoms with Crippen LogP contribution >= 0.6 is 0 Å². The van der Waals surface area contributed by atoms with Gasteiger partial charge in [-0.1, -0.05) is 96.6 Å². The summed E-state index contributed by atoms with van der Waals surface area (Å²) < 4.78 is 0. The molecule has 0 aliphatic heterocycles. The molecule has 35 heavy (non-hydrogen) atoms. The fraction of sp³-hybridized carbons (Fsp3) is 0.0312. The van der Waals surface area contributed by atoms with Crippen LogP contribution in [0.5, 0.6) is 0 Å². The lowest BCUT2D eigenvalue weighted by Gasteiger charge is -2.19. The number of para-hydroxylation sites is 3. The Morgan fingerprint density at radius 3 is 1.69 bits per heavy atom. The van der Waals surface area contributed by atoms with Gasteiger partial charge in [0.2, 0.25) is 0 Å². The molecule has 0 spiro atoms. The van der Waals surface area contributed by atoms with E-state index in [1.807, 2.05) is 59.8 Å². The van der Waals surface area contributed by atoms with Crippen LogP contribution in [-0.2, 0) is 0 Å². The number of hydrazone groups is 1. The molecule has 0 aliphatic rings. The molecular weight excluding hydrogens is 426 g/mol. The Bertz CT molecular complexity index is 1350. The SMILES string of the molecule is Cc1ccc(-c2ccc(Nc3ccccc3C=NN(c3ccccc3)c3ccccc3)cc2)cc1. The third-order valence-electron chi connectivity index (χ3n) is 5.82. The van der Waals surface area contributed by atoms with Gasteiger partial charge in [0, 0.05) is 16.9 Å². The second-order valence-electron chi connectivity index (χ2n) is 8.38. The fourth-order valence-electron chi connectivity index (χ4n) is 3.91. The number of nitrogens with one attached hydrogen (secondary N) is 1. The number of hydrogen-bond acceptors (Lipinski definition) is 3. The molecule has 5 aromatic carbocycles. The zero-order valence-electron chi connectivity index (χ0n) is 19.7. The Balaban J connectivity index is 1.39. The van der Waals surface area contributed by atoms with Crippen LogP contribution in [0.25, 0.3) is 11.1 Å². The van der Waals surface area contributed by atoms with Gasteiger partial charge in [-0.3, -0.25) is 0 Å². The molecule has 0 unspecified atom stereocenters. The van der Waals surface area contributed by atoms with E-state index >= 15 is 0 Å². The van der Waals surface area contributed by atoms with Gasteiger partial charge in [-0.15, -0.1) is 0 Å². The highest BCUT2D eigenvalue weighted by atomic mass is 15.5. The highest BCUT2D eigenvalue weighted by Crippen LogP contribution is 2.27. The van der Waals surface area contributed by atoms with E-state index in [-0.39, 0.29) is 0 Å². The normalized spacial score (nSPS) is 10.9. The van der Waals surface area contributed by atoms with Crippen molar-refractivity contribution in [1.29, 1.82) is 0 Å². The maximum absolute atomic E-state index is 4.87. The molecule has 0 saturated carbocycles. The molecule has 5 rings (SSSR count). The van der Waals surface area contributed by atoms with Crippen molar-refractivity contribution in [3.8, 4) is 11.1 Å². The van der Waals surface area contributed by atoms with Gasteiger partial charge in [-0.25, -0.2) is 5.01 Å². The highest BCUT2D eigenvalue weighted by molar-refractivity contribution is 5.90. The summed E-state index contributed by atoms with van der Waals surface area (Å²) in [6.07, 6.45) is 1.91. The van der Waals surface area contributed by atoms with Crippen LogP contribution in [0.2, 0.25) is 0 Å². The molecular formula is C32H27N3. The minimum Gasteiger partial charge on any atom is -0.355 e. The number of nitrogens with zero attached hydrogens (tertiary/aromatic N) is 2. The zero-order chi connectivity index (χ0) is 23.9. The molecule has 0 fully saturated rings. The molecule has 0 saturated heterocycles. The van der Waals surface area contributed by atoms with E-state index in [4.69, 9.17) is 5.10 Å². The molecule has 0 radical (unpaired) electrons. The van der Waals surface area contributed by atoms with Gasteiger partial charge < -0.3 is 5.32 Å². The van der Waals surface area contributed by atoms with Crippen molar-refractivity contribution >= 4 is 29.0 Å². The maximum Gasteiger partial charge on any atom is 0.0652 e. The lowest BCUT2D eigenvalue weighted by atomic mass is 10.0. The monoisotopic (exact) mass is 453 g/mol. The van der Waals surface area contributed by atoms with Crippen molar-refractivity contribution in [2.75, 3.05) is 10.3 Å². The molecule has 0 heterocycles. The quantitative estimate of drug-likeness (QED) is 0.197. The van der Waals surface area contributed by atoms with Crippen molar-refractivity contribution in [3.63, 3.8) is 0 Å². The molecule has 170 valence electrons. The summed E-state index contributed by atoms with van der Waals surface area (Å²) in [5.74, 6) is 0. The van der Waals surface area contributed by atoms with Gasteiger partial charge in [0.05, 0.1) is 17.6 Å². The largest absolute Gasteiger partial charge is 0.355 e. The third-order valence-corrected chi connectivity index (χ3v) is 5.82. The van der Waals surface area contributed by atoms with Crippen molar-refractivity contribution in [2.24, 2.45) is 5.10 Å². The highest BCUT2D eigenvalue weighted by Gasteiger charge is 2.08. The van der Waals surface area contributed by atoms with Gasteiger partial charge in [0.1, 0.15) is 0 Å². The van der Waals surface area contributed by atoms with E-state index < -0.39 is 0 Å². The van der Waals surface area contributed by atoms with Gasteiger partial charge in [0.25, 0.3) is 0 Å². The van der Waals surface area contributed by atoms with E-state index in [0.29, 0.717) is 0 Å². The molecule has 0 amide bonds. The number of benzene rings is 5. The van der Waals surface area contributed by atoms with Gasteiger partial charge in [-0.2, -0.15) is 5.10 Å². The van der Waals surface area contributed by atoms with Gasteiger partial charge in [-0.05, 0) is 60.5 Å². The number of rotatable bonds is 7. The van der Waals surface area contributed by atoms with Crippen molar-refractivity contribution in [1.82, 2.24) is 0 Å². The minimum absolute atomic E-state index is 1.00. The predicted molar refractivity (Wildman–Crippen MR) is 149 cm³/mol. The molecule has 1 N–H and O–H groups in total. The third kappa shape index (κ3) is 5.48. The minimum atomic E-state index is 1.00. The first kappa shape index (κ1) is 22.2. The molecule has 0 aromatic heterocycles. The smallest absolute Gasteiger partial charge is 0.0652 e. The first-order valence-electron chi connectivity index (χ1n) is 11.7. The van der Waals surface area contributed by atoms with E-state index in [2.05, 4.69) is 97.2 Å². The predicted octanol–water partition coefficient (Wildman–Crippen LogP) is 8.58. The topological polar surface area (TPSA) is 27.6 Å². The Kier molecular flexibility index (Phi) is 6.67. The van der Waals surface area contributed by atoms with Crippen LogP contribution in [-0.4, -0.2) is 6.21 Å². The number of anilines is 4. The maximum atomic E-state index is 4.87. The first-order valence-corrected chi connectivity index (χ1v) is 11.7. The summed E-state index contributed by atoms with van der Waals surface area (Å²) in [6.45, 7) is 2.11. The standard InChI is InChI=1S/C32H27N3/c1-25-16-18-26(19-17-25)27-20-22-29(23-21-27)34-32-15-9-8-10-28(32)24-33-35(30-11-4-2-5-12-30)31-13-6-3-7-14-31/h2-24,34H,1H3. The lowest BCUT2D eigenvalue weighted by molar-refractivity contribution is 1.09. The molecule has 3 heteroatoms. The second kappa shape index (κ2) is 10.5. The summed E-state index contributed by atoms with van der Waals surface area (Å²) in [7, 11) is 0.